The monoisotopic (exact) mass is 283 g/mol. The molecule has 1 heterocycles. The number of nitrogens with zero attached hydrogens (tertiary/aromatic N) is 2. The Balaban J connectivity index is 2.81. The smallest absolute Gasteiger partial charge is 0.317 e. The van der Waals surface area contributed by atoms with Crippen molar-refractivity contribution in [3.8, 4) is 11.5 Å². The maximum atomic E-state index is 11.5. The van der Waals surface area contributed by atoms with Crippen LogP contribution >= 0.6 is 0 Å². The lowest BCUT2D eigenvalue weighted by atomic mass is 10.3. The lowest BCUT2D eigenvalue weighted by Gasteiger charge is -2.15. The van der Waals surface area contributed by atoms with Gasteiger partial charge in [-0.05, 0) is 6.92 Å². The first-order valence-corrected chi connectivity index (χ1v) is 5.82. The Hall–Kier alpha value is -2.06. The molecule has 1 aromatic heterocycles. The van der Waals surface area contributed by atoms with Crippen LogP contribution in [0, 0.1) is 5.53 Å². The van der Waals surface area contributed by atoms with Gasteiger partial charge in [-0.15, -0.1) is 5.11 Å². The molecule has 0 saturated heterocycles. The molecule has 8 heteroatoms. The highest BCUT2D eigenvalue weighted by Gasteiger charge is 2.19. The van der Waals surface area contributed by atoms with Gasteiger partial charge in [0, 0.05) is 19.4 Å². The lowest BCUT2D eigenvalue weighted by molar-refractivity contribution is -0.0564. The first-order chi connectivity index (χ1) is 9.63. The van der Waals surface area contributed by atoms with E-state index in [0.29, 0.717) is 12.4 Å². The second kappa shape index (κ2) is 8.18. The average molecular weight is 283 g/mol. The molecule has 0 aliphatic carbocycles. The van der Waals surface area contributed by atoms with Gasteiger partial charge in [0.25, 0.3) is 0 Å². The lowest BCUT2D eigenvalue weighted by Crippen LogP contribution is -2.18. The molecule has 0 spiro atoms. The molecule has 0 bridgehead atoms. The van der Waals surface area contributed by atoms with E-state index in [2.05, 4.69) is 10.1 Å². The van der Waals surface area contributed by atoms with Gasteiger partial charge in [0.05, 0.1) is 19.8 Å². The van der Waals surface area contributed by atoms with Crippen molar-refractivity contribution in [2.75, 3.05) is 27.6 Å². The summed E-state index contributed by atoms with van der Waals surface area (Å²) in [6.07, 6.45) is 1.21. The Kier molecular flexibility index (Phi) is 6.54. The summed E-state index contributed by atoms with van der Waals surface area (Å²) in [6, 6.07) is 1.54. The molecular weight excluding hydrogens is 266 g/mol. The van der Waals surface area contributed by atoms with E-state index in [4.69, 9.17) is 24.5 Å². The molecule has 0 aliphatic rings. The Morgan fingerprint density at radius 1 is 1.50 bits per heavy atom. The summed E-state index contributed by atoms with van der Waals surface area (Å²) in [6.45, 7) is 2.13. The van der Waals surface area contributed by atoms with E-state index in [1.807, 2.05) is 6.92 Å². The van der Waals surface area contributed by atoms with Gasteiger partial charge < -0.3 is 18.9 Å². The van der Waals surface area contributed by atoms with E-state index in [1.165, 1.54) is 19.4 Å². The van der Waals surface area contributed by atoms with Crippen molar-refractivity contribution in [2.45, 2.75) is 13.0 Å². The normalized spacial score (nSPS) is 11.8. The van der Waals surface area contributed by atoms with Gasteiger partial charge in [-0.1, -0.05) is 0 Å². The van der Waals surface area contributed by atoms with Crippen LogP contribution in [-0.4, -0.2) is 44.6 Å². The van der Waals surface area contributed by atoms with Gasteiger partial charge in [-0.2, -0.15) is 0 Å². The molecule has 1 unspecified atom stereocenters. The summed E-state index contributed by atoms with van der Waals surface area (Å²) in [5.41, 5.74) is 6.67. The summed E-state index contributed by atoms with van der Waals surface area (Å²) in [7, 11) is 3.00. The van der Waals surface area contributed by atoms with Crippen molar-refractivity contribution >= 4 is 5.91 Å². The number of ether oxygens (including phenoxy) is 4. The summed E-state index contributed by atoms with van der Waals surface area (Å²) in [5, 5.41) is 2.82. The predicted molar refractivity (Wildman–Crippen MR) is 68.2 cm³/mol. The van der Waals surface area contributed by atoms with Gasteiger partial charge in [-0.3, -0.25) is 4.79 Å². The molecule has 1 aromatic rings. The molecule has 0 aliphatic heterocycles. The number of carbonyl (C=O) groups excluding carboxylic acids is 1. The standard InChI is InChI=1S/C12H17N3O5/c1-8(6-17-2)19-7-20-11-9(18-3)4-5-14-10(11)12(16)15-13/h4-5,8,13H,6-7H2,1-3H3. The second-order valence-electron chi connectivity index (χ2n) is 3.80. The molecule has 110 valence electrons. The minimum absolute atomic E-state index is 0.0951. The Morgan fingerprint density at radius 2 is 2.25 bits per heavy atom. The summed E-state index contributed by atoms with van der Waals surface area (Å²) >= 11 is 0. The number of nitrogens with one attached hydrogen (secondary N) is 1. The van der Waals surface area contributed by atoms with Crippen molar-refractivity contribution in [3.05, 3.63) is 18.0 Å². The van der Waals surface area contributed by atoms with Crippen molar-refractivity contribution in [2.24, 2.45) is 5.11 Å². The number of methoxy groups -OCH3 is 2. The third-order valence-electron chi connectivity index (χ3n) is 2.35. The van der Waals surface area contributed by atoms with Crippen molar-refractivity contribution in [1.29, 1.82) is 5.53 Å². The van der Waals surface area contributed by atoms with Crippen LogP contribution in [0.25, 0.3) is 0 Å². The van der Waals surface area contributed by atoms with Crippen LogP contribution in [0.2, 0.25) is 0 Å². The molecule has 8 nitrogen and oxygen atoms in total. The fraction of sp³-hybridized carbons (Fsp3) is 0.500. The van der Waals surface area contributed by atoms with Gasteiger partial charge in [-0.25, -0.2) is 10.5 Å². The molecular formula is C12H17N3O5. The highest BCUT2D eigenvalue weighted by molar-refractivity contribution is 5.95. The minimum atomic E-state index is -0.816. The Bertz CT molecular complexity index is 466. The first-order valence-electron chi connectivity index (χ1n) is 5.82. The maximum absolute atomic E-state index is 11.5. The highest BCUT2D eigenvalue weighted by Crippen LogP contribution is 2.30. The van der Waals surface area contributed by atoms with Gasteiger partial charge in [0.1, 0.15) is 0 Å². The fourth-order valence-corrected chi connectivity index (χ4v) is 1.43. The number of hydrogen-bond donors (Lipinski definition) is 1. The number of rotatable bonds is 8. The van der Waals surface area contributed by atoms with Gasteiger partial charge in [0.15, 0.2) is 24.0 Å². The topological polar surface area (TPSA) is 103 Å². The van der Waals surface area contributed by atoms with Crippen LogP contribution < -0.4 is 9.47 Å². The summed E-state index contributed by atoms with van der Waals surface area (Å²) < 4.78 is 20.7. The molecule has 0 fully saturated rings. The largest absolute Gasteiger partial charge is 0.493 e. The van der Waals surface area contributed by atoms with E-state index in [1.54, 1.807) is 7.11 Å². The summed E-state index contributed by atoms with van der Waals surface area (Å²) in [4.78, 5) is 15.3. The van der Waals surface area contributed by atoms with E-state index >= 15 is 0 Å². The zero-order valence-electron chi connectivity index (χ0n) is 11.6. The van der Waals surface area contributed by atoms with Crippen LogP contribution in [0.3, 0.4) is 0 Å². The molecule has 1 N–H and O–H groups in total. The SMILES string of the molecule is COCC(C)OCOc1c(OC)ccnc1C(=O)N=N. The van der Waals surface area contributed by atoms with E-state index in [-0.39, 0.29) is 24.3 Å². The van der Waals surface area contributed by atoms with Crippen LogP contribution in [-0.2, 0) is 9.47 Å². The van der Waals surface area contributed by atoms with E-state index in [0.717, 1.165) is 0 Å². The highest BCUT2D eigenvalue weighted by atomic mass is 16.7. The van der Waals surface area contributed by atoms with Crippen LogP contribution in [0.15, 0.2) is 17.4 Å². The zero-order chi connectivity index (χ0) is 15.0. The number of aromatic nitrogens is 1. The first kappa shape index (κ1) is 16.0. The third-order valence-corrected chi connectivity index (χ3v) is 2.35. The van der Waals surface area contributed by atoms with E-state index in [9.17, 15) is 4.79 Å². The van der Waals surface area contributed by atoms with Crippen molar-refractivity contribution in [3.63, 3.8) is 0 Å². The van der Waals surface area contributed by atoms with Crippen molar-refractivity contribution in [1.82, 2.24) is 4.98 Å². The third kappa shape index (κ3) is 4.25. The van der Waals surface area contributed by atoms with Crippen LogP contribution in [0.4, 0.5) is 0 Å². The van der Waals surface area contributed by atoms with Crippen LogP contribution in [0.1, 0.15) is 17.4 Å². The summed E-state index contributed by atoms with van der Waals surface area (Å²) in [5.74, 6) is -0.403. The quantitative estimate of drug-likeness (QED) is 0.574. The molecule has 1 rings (SSSR count). The predicted octanol–water partition coefficient (Wildman–Crippen LogP) is 1.65. The molecule has 1 atom stereocenters. The Labute approximate surface area is 116 Å². The van der Waals surface area contributed by atoms with Crippen molar-refractivity contribution < 1.29 is 23.7 Å². The molecule has 1 amide bonds. The minimum Gasteiger partial charge on any atom is -0.493 e. The molecule has 0 saturated carbocycles. The number of carbonyl (C=O) groups is 1. The number of amides is 1. The average Bonchev–Trinajstić information content (AvgIpc) is 2.46. The fourth-order valence-electron chi connectivity index (χ4n) is 1.43. The zero-order valence-corrected chi connectivity index (χ0v) is 11.6. The number of hydrogen-bond acceptors (Lipinski definition) is 7. The molecule has 0 aromatic carbocycles. The molecule has 20 heavy (non-hydrogen) atoms. The molecule has 0 radical (unpaired) electrons. The van der Waals surface area contributed by atoms with Gasteiger partial charge >= 0.3 is 5.91 Å². The Morgan fingerprint density at radius 3 is 2.85 bits per heavy atom. The maximum Gasteiger partial charge on any atom is 0.317 e. The second-order valence-corrected chi connectivity index (χ2v) is 3.80. The number of pyridine rings is 1. The van der Waals surface area contributed by atoms with E-state index < -0.39 is 5.91 Å². The van der Waals surface area contributed by atoms with Gasteiger partial charge in [0.2, 0.25) is 0 Å². The van der Waals surface area contributed by atoms with Crippen LogP contribution in [0.5, 0.6) is 11.5 Å².